The number of imidazole rings is 1. The fourth-order valence-electron chi connectivity index (χ4n) is 1.68. The molecule has 0 aliphatic heterocycles. The van der Waals surface area contributed by atoms with Gasteiger partial charge in [0.15, 0.2) is 0 Å². The molecule has 1 unspecified atom stereocenters. The largest absolute Gasteiger partial charge is 0.453 e. The topological polar surface area (TPSA) is 82.5 Å². The summed E-state index contributed by atoms with van der Waals surface area (Å²) in [7, 11) is 1.39. The first-order valence-corrected chi connectivity index (χ1v) is 7.15. The van der Waals surface area contributed by atoms with Gasteiger partial charge in [0.1, 0.15) is 11.0 Å². The predicted molar refractivity (Wildman–Crippen MR) is 76.0 cm³/mol. The lowest BCUT2D eigenvalue weighted by molar-refractivity contribution is 0.186. The molecule has 1 atom stereocenters. The second kappa shape index (κ2) is 6.49. The highest BCUT2D eigenvalue weighted by atomic mass is 32.2. The van der Waals surface area contributed by atoms with Gasteiger partial charge in [0.25, 0.3) is 0 Å². The summed E-state index contributed by atoms with van der Waals surface area (Å²) in [6.45, 7) is 0.344. The van der Waals surface area contributed by atoms with Gasteiger partial charge in [0, 0.05) is 7.11 Å². The van der Waals surface area contributed by atoms with Crippen LogP contribution in [0.5, 0.6) is 0 Å². The van der Waals surface area contributed by atoms with Crippen LogP contribution in [-0.2, 0) is 20.5 Å². The highest BCUT2D eigenvalue weighted by molar-refractivity contribution is 7.83. The van der Waals surface area contributed by atoms with Gasteiger partial charge in [0.05, 0.1) is 30.5 Å². The molecule has 1 amide bonds. The number of nitrogens with one attached hydrogen (secondary N) is 1. The SMILES string of the molecule is COCCS(=O)n1c(NC(=O)OC)nc2ccccc21. The summed E-state index contributed by atoms with van der Waals surface area (Å²) in [6, 6.07) is 7.20. The van der Waals surface area contributed by atoms with E-state index < -0.39 is 17.1 Å². The number of anilines is 1. The van der Waals surface area contributed by atoms with Gasteiger partial charge in [-0.3, -0.25) is 5.32 Å². The van der Waals surface area contributed by atoms with Crippen molar-refractivity contribution in [2.24, 2.45) is 0 Å². The van der Waals surface area contributed by atoms with E-state index in [4.69, 9.17) is 4.74 Å². The van der Waals surface area contributed by atoms with E-state index in [0.717, 1.165) is 0 Å². The summed E-state index contributed by atoms with van der Waals surface area (Å²) in [5.41, 5.74) is 1.32. The van der Waals surface area contributed by atoms with Crippen LogP contribution in [-0.4, -0.2) is 45.8 Å². The molecule has 108 valence electrons. The fourth-order valence-corrected chi connectivity index (χ4v) is 2.82. The molecule has 0 radical (unpaired) electrons. The lowest BCUT2D eigenvalue weighted by Gasteiger charge is -2.08. The molecule has 8 heteroatoms. The summed E-state index contributed by atoms with van der Waals surface area (Å²) >= 11 is 0. The van der Waals surface area contributed by atoms with E-state index in [1.807, 2.05) is 12.1 Å². The zero-order valence-corrected chi connectivity index (χ0v) is 12.0. The van der Waals surface area contributed by atoms with Gasteiger partial charge < -0.3 is 9.47 Å². The van der Waals surface area contributed by atoms with Crippen molar-refractivity contribution in [3.8, 4) is 0 Å². The van der Waals surface area contributed by atoms with Gasteiger partial charge in [-0.2, -0.15) is 0 Å². The highest BCUT2D eigenvalue weighted by Gasteiger charge is 2.17. The van der Waals surface area contributed by atoms with Crippen LogP contribution in [0, 0.1) is 0 Å². The standard InChI is InChI=1S/C12H15N3O4S/c1-18-7-8-20(17)15-10-6-4-3-5-9(10)13-11(15)14-12(16)19-2/h3-6H,7-8H2,1-2H3,(H,13,14,16). The number of methoxy groups -OCH3 is 2. The van der Waals surface area contributed by atoms with E-state index >= 15 is 0 Å². The quantitative estimate of drug-likeness (QED) is 0.901. The Bertz CT molecular complexity index is 641. The lowest BCUT2D eigenvalue weighted by Crippen LogP contribution is -2.19. The van der Waals surface area contributed by atoms with Gasteiger partial charge in [0.2, 0.25) is 5.95 Å². The summed E-state index contributed by atoms with van der Waals surface area (Å²) in [5.74, 6) is 0.486. The fraction of sp³-hybridized carbons (Fsp3) is 0.333. The van der Waals surface area contributed by atoms with Crippen LogP contribution in [0.25, 0.3) is 11.0 Å². The highest BCUT2D eigenvalue weighted by Crippen LogP contribution is 2.20. The molecule has 1 heterocycles. The van der Waals surface area contributed by atoms with Gasteiger partial charge >= 0.3 is 6.09 Å². The molecular weight excluding hydrogens is 282 g/mol. The molecule has 1 aromatic carbocycles. The van der Waals surface area contributed by atoms with Crippen molar-refractivity contribution in [2.75, 3.05) is 31.9 Å². The average molecular weight is 297 g/mol. The maximum atomic E-state index is 12.3. The molecule has 7 nitrogen and oxygen atoms in total. The van der Waals surface area contributed by atoms with Crippen molar-refractivity contribution in [1.82, 2.24) is 8.96 Å². The Hall–Kier alpha value is -1.93. The van der Waals surface area contributed by atoms with E-state index in [1.54, 1.807) is 12.1 Å². The third-order valence-corrected chi connectivity index (χ3v) is 3.88. The van der Waals surface area contributed by atoms with Crippen molar-refractivity contribution < 1.29 is 18.5 Å². The third-order valence-electron chi connectivity index (χ3n) is 2.58. The van der Waals surface area contributed by atoms with E-state index in [1.165, 1.54) is 18.2 Å². The molecule has 0 aliphatic rings. The number of hydrogen-bond acceptors (Lipinski definition) is 5. The van der Waals surface area contributed by atoms with E-state index in [2.05, 4.69) is 15.0 Å². The number of nitrogens with zero attached hydrogens (tertiary/aromatic N) is 2. The zero-order valence-electron chi connectivity index (χ0n) is 11.2. The molecule has 0 aliphatic carbocycles. The van der Waals surface area contributed by atoms with Gasteiger partial charge in [-0.05, 0) is 12.1 Å². The molecular formula is C12H15N3O4S. The minimum Gasteiger partial charge on any atom is -0.453 e. The van der Waals surface area contributed by atoms with Gasteiger partial charge in [-0.25, -0.2) is 18.0 Å². The summed E-state index contributed by atoms with van der Waals surface area (Å²) < 4.78 is 23.3. The van der Waals surface area contributed by atoms with Crippen LogP contribution >= 0.6 is 0 Å². The molecule has 0 fully saturated rings. The molecule has 1 aromatic heterocycles. The maximum absolute atomic E-state index is 12.3. The van der Waals surface area contributed by atoms with Crippen LogP contribution < -0.4 is 5.32 Å². The molecule has 1 N–H and O–H groups in total. The maximum Gasteiger partial charge on any atom is 0.413 e. The molecule has 20 heavy (non-hydrogen) atoms. The summed E-state index contributed by atoms with van der Waals surface area (Å²) in [5, 5.41) is 2.46. The van der Waals surface area contributed by atoms with Crippen LogP contribution in [0.1, 0.15) is 0 Å². The number of benzene rings is 1. The number of fused-ring (bicyclic) bond motifs is 1. The molecule has 2 aromatic rings. The number of hydrogen-bond donors (Lipinski definition) is 1. The average Bonchev–Trinajstić information content (AvgIpc) is 2.82. The Morgan fingerprint density at radius 2 is 2.15 bits per heavy atom. The van der Waals surface area contributed by atoms with E-state index in [-0.39, 0.29) is 5.95 Å². The van der Waals surface area contributed by atoms with Gasteiger partial charge in [-0.1, -0.05) is 12.1 Å². The van der Waals surface area contributed by atoms with E-state index in [0.29, 0.717) is 23.4 Å². The van der Waals surface area contributed by atoms with Crippen LogP contribution in [0.3, 0.4) is 0 Å². The Morgan fingerprint density at radius 3 is 2.85 bits per heavy atom. The molecule has 0 saturated carbocycles. The number of aromatic nitrogens is 2. The van der Waals surface area contributed by atoms with Crippen LogP contribution in [0.15, 0.2) is 24.3 Å². The van der Waals surface area contributed by atoms with Crippen molar-refractivity contribution in [2.45, 2.75) is 0 Å². The minimum absolute atomic E-state index is 0.187. The summed E-state index contributed by atoms with van der Waals surface area (Å²) in [6.07, 6.45) is -0.662. The Morgan fingerprint density at radius 1 is 1.40 bits per heavy atom. The number of para-hydroxylation sites is 2. The second-order valence-corrected chi connectivity index (χ2v) is 5.27. The van der Waals surface area contributed by atoms with Crippen LogP contribution in [0.2, 0.25) is 0 Å². The molecule has 0 bridgehead atoms. The Balaban J connectivity index is 2.44. The zero-order chi connectivity index (χ0) is 14.5. The number of carbonyl (C=O) groups is 1. The smallest absolute Gasteiger partial charge is 0.413 e. The first kappa shape index (κ1) is 14.5. The first-order chi connectivity index (χ1) is 9.67. The van der Waals surface area contributed by atoms with Crippen molar-refractivity contribution >= 4 is 34.1 Å². The Labute approximate surface area is 118 Å². The molecule has 2 rings (SSSR count). The van der Waals surface area contributed by atoms with Crippen molar-refractivity contribution in [1.29, 1.82) is 0 Å². The van der Waals surface area contributed by atoms with Crippen LogP contribution in [0.4, 0.5) is 10.7 Å². The van der Waals surface area contributed by atoms with Crippen molar-refractivity contribution in [3.05, 3.63) is 24.3 Å². The van der Waals surface area contributed by atoms with Crippen molar-refractivity contribution in [3.63, 3.8) is 0 Å². The minimum atomic E-state index is -1.40. The number of amides is 1. The number of ether oxygens (including phenoxy) is 2. The van der Waals surface area contributed by atoms with E-state index in [9.17, 15) is 9.00 Å². The number of rotatable bonds is 5. The summed E-state index contributed by atoms with van der Waals surface area (Å²) in [4.78, 5) is 15.6. The number of carbonyl (C=O) groups excluding carboxylic acids is 1. The predicted octanol–water partition coefficient (Wildman–Crippen LogP) is 1.37. The monoisotopic (exact) mass is 297 g/mol. The second-order valence-electron chi connectivity index (χ2n) is 3.85. The van der Waals surface area contributed by atoms with Gasteiger partial charge in [-0.15, -0.1) is 0 Å². The molecule has 0 saturated heterocycles. The first-order valence-electron chi connectivity index (χ1n) is 5.87. The lowest BCUT2D eigenvalue weighted by atomic mass is 10.3. The Kier molecular flexibility index (Phi) is 4.70. The normalized spacial score (nSPS) is 12.3. The molecule has 0 spiro atoms. The third kappa shape index (κ3) is 2.97.